The fourth-order valence-electron chi connectivity index (χ4n) is 4.78. The first kappa shape index (κ1) is 34.3. The Hall–Kier alpha value is -2.86. The molecule has 0 spiro atoms. The molecule has 1 amide bonds. The van der Waals surface area contributed by atoms with E-state index in [2.05, 4.69) is 33.1 Å². The van der Waals surface area contributed by atoms with E-state index in [9.17, 15) is 9.59 Å². The van der Waals surface area contributed by atoms with E-state index >= 15 is 0 Å². The van der Waals surface area contributed by atoms with Crippen molar-refractivity contribution in [3.05, 3.63) is 59.7 Å². The molecule has 0 fully saturated rings. The van der Waals surface area contributed by atoms with Gasteiger partial charge >= 0.3 is 5.97 Å². The quantitative estimate of drug-likeness (QED) is 0.0878. The number of nitrogens with zero attached hydrogens (tertiary/aromatic N) is 1. The summed E-state index contributed by atoms with van der Waals surface area (Å²) in [6, 6.07) is 14.2. The molecule has 0 radical (unpaired) electrons. The lowest BCUT2D eigenvalue weighted by atomic mass is 10.1. The topological polar surface area (TPSA) is 64.6 Å². The highest BCUT2D eigenvalue weighted by Gasteiger charge is 2.18. The van der Waals surface area contributed by atoms with Crippen molar-refractivity contribution in [2.75, 3.05) is 45.2 Å². The Labute approximate surface area is 249 Å². The van der Waals surface area contributed by atoms with Gasteiger partial charge in [0.15, 0.2) is 0 Å². The maximum atomic E-state index is 13.0. The summed E-state index contributed by atoms with van der Waals surface area (Å²) in [4.78, 5) is 25.4. The summed E-state index contributed by atoms with van der Waals surface area (Å²) in [5.74, 6) is 0.0119. The summed E-state index contributed by atoms with van der Waals surface area (Å²) < 4.78 is 12.3. The highest BCUT2D eigenvalue weighted by Crippen LogP contribution is 2.21. The maximum absolute atomic E-state index is 13.0. The third-order valence-electron chi connectivity index (χ3n) is 8.16. The highest BCUT2D eigenvalue weighted by molar-refractivity contribution is 6.06. The maximum Gasteiger partial charge on any atom is 0.338 e. The number of benzene rings is 2. The summed E-state index contributed by atoms with van der Waals surface area (Å²) in [7, 11) is 2.16. The molecule has 6 heteroatoms. The normalized spacial score (nSPS) is 11.3. The van der Waals surface area contributed by atoms with Gasteiger partial charge in [-0.3, -0.25) is 4.79 Å². The Morgan fingerprint density at radius 2 is 1.27 bits per heavy atom. The van der Waals surface area contributed by atoms with Crippen LogP contribution in [0, 0.1) is 0 Å². The van der Waals surface area contributed by atoms with E-state index in [4.69, 9.17) is 9.47 Å². The van der Waals surface area contributed by atoms with Crippen LogP contribution in [-0.4, -0.2) is 56.3 Å². The Morgan fingerprint density at radius 1 is 0.707 bits per heavy atom. The monoisotopic (exact) mass is 567 g/mol. The van der Waals surface area contributed by atoms with Gasteiger partial charge in [-0.25, -0.2) is 4.79 Å². The largest absolute Gasteiger partial charge is 0.493 e. The Balaban J connectivity index is 1.70. The van der Waals surface area contributed by atoms with Crippen LogP contribution in [0.1, 0.15) is 119 Å². The third-order valence-corrected chi connectivity index (χ3v) is 8.16. The molecule has 41 heavy (non-hydrogen) atoms. The summed E-state index contributed by atoms with van der Waals surface area (Å²) >= 11 is 0. The zero-order chi connectivity index (χ0) is 29.8. The zero-order valence-corrected chi connectivity index (χ0v) is 26.2. The molecule has 0 unspecified atom stereocenters. The third kappa shape index (κ3) is 13.6. The SMILES string of the molecule is CCCCCCCCCCCCCCOc1ccccc1C(=O)Nc1ccc(C(=O)OCC[N+](C)(CC)CC)cc1. The molecule has 0 aliphatic carbocycles. The van der Waals surface area contributed by atoms with Crippen molar-refractivity contribution in [3.8, 4) is 5.75 Å². The molecule has 2 aromatic carbocycles. The fraction of sp³-hybridized carbons (Fsp3) is 0.600. The van der Waals surface area contributed by atoms with Crippen LogP contribution in [0.25, 0.3) is 0 Å². The number of carbonyl (C=O) groups is 2. The van der Waals surface area contributed by atoms with Crippen molar-refractivity contribution in [1.29, 1.82) is 0 Å². The number of unbranched alkanes of at least 4 members (excludes halogenated alkanes) is 11. The standard InChI is InChI=1S/C35H54N2O4/c1-5-8-9-10-11-12-13-14-15-16-17-20-28-40-33-22-19-18-21-32(33)34(38)36-31-25-23-30(24-26-31)35(39)41-29-27-37(4,6-2)7-3/h18-19,21-26H,5-17,20,27-29H2,1-4H3/p+1. The number of carbonyl (C=O) groups excluding carboxylic acids is 2. The molecule has 228 valence electrons. The first-order valence-corrected chi connectivity index (χ1v) is 16.1. The fourth-order valence-corrected chi connectivity index (χ4v) is 4.78. The number of likely N-dealkylation sites (N-methyl/N-ethyl adjacent to an activating group) is 1. The summed E-state index contributed by atoms with van der Waals surface area (Å²) in [5.41, 5.74) is 1.59. The van der Waals surface area contributed by atoms with E-state index in [-0.39, 0.29) is 11.9 Å². The van der Waals surface area contributed by atoms with E-state index in [1.165, 1.54) is 64.2 Å². The molecule has 0 bridgehead atoms. The van der Waals surface area contributed by atoms with Crippen molar-refractivity contribution in [1.82, 2.24) is 0 Å². The lowest BCUT2D eigenvalue weighted by Gasteiger charge is -2.31. The van der Waals surface area contributed by atoms with Crippen LogP contribution < -0.4 is 10.1 Å². The van der Waals surface area contributed by atoms with Gasteiger partial charge in [0.25, 0.3) is 5.91 Å². The summed E-state index contributed by atoms with van der Waals surface area (Å²) in [6.07, 6.45) is 15.6. The van der Waals surface area contributed by atoms with E-state index in [1.54, 1.807) is 30.3 Å². The van der Waals surface area contributed by atoms with Gasteiger partial charge in [0.05, 0.1) is 37.9 Å². The van der Waals surface area contributed by atoms with Crippen LogP contribution in [0.4, 0.5) is 5.69 Å². The van der Waals surface area contributed by atoms with Gasteiger partial charge in [0.2, 0.25) is 0 Å². The van der Waals surface area contributed by atoms with Crippen LogP contribution in [0.5, 0.6) is 5.75 Å². The van der Waals surface area contributed by atoms with Gasteiger partial charge in [-0.1, -0.05) is 89.7 Å². The number of anilines is 1. The number of quaternary nitrogens is 1. The second-order valence-corrected chi connectivity index (χ2v) is 11.4. The van der Waals surface area contributed by atoms with Crippen molar-refractivity contribution < 1.29 is 23.5 Å². The van der Waals surface area contributed by atoms with Gasteiger partial charge in [-0.05, 0) is 56.7 Å². The van der Waals surface area contributed by atoms with Crippen LogP contribution in [-0.2, 0) is 4.74 Å². The predicted octanol–water partition coefficient (Wildman–Crippen LogP) is 8.66. The number of ether oxygens (including phenoxy) is 2. The van der Waals surface area contributed by atoms with Crippen molar-refractivity contribution in [2.45, 2.75) is 97.8 Å². The summed E-state index contributed by atoms with van der Waals surface area (Å²) in [6.45, 7) is 10.3. The molecule has 0 heterocycles. The van der Waals surface area contributed by atoms with E-state index < -0.39 is 0 Å². The number of rotatable bonds is 22. The molecule has 0 aliphatic heterocycles. The molecular formula is C35H55N2O4+. The predicted molar refractivity (Wildman–Crippen MR) is 170 cm³/mol. The second-order valence-electron chi connectivity index (χ2n) is 11.4. The van der Waals surface area contributed by atoms with Crippen molar-refractivity contribution in [2.24, 2.45) is 0 Å². The van der Waals surface area contributed by atoms with E-state index in [0.29, 0.717) is 35.8 Å². The number of para-hydroxylation sites is 1. The molecule has 2 rings (SSSR count). The lowest BCUT2D eigenvalue weighted by Crippen LogP contribution is -2.46. The van der Waals surface area contributed by atoms with Gasteiger partial charge in [0, 0.05) is 5.69 Å². The minimum absolute atomic E-state index is 0.234. The first-order chi connectivity index (χ1) is 19.9. The molecule has 1 N–H and O–H groups in total. The average Bonchev–Trinajstić information content (AvgIpc) is 2.99. The van der Waals surface area contributed by atoms with Crippen molar-refractivity contribution >= 4 is 17.6 Å². The van der Waals surface area contributed by atoms with Crippen LogP contribution in [0.15, 0.2) is 48.5 Å². The first-order valence-electron chi connectivity index (χ1n) is 16.1. The number of hydrogen-bond acceptors (Lipinski definition) is 4. The molecule has 0 aliphatic rings. The van der Waals surface area contributed by atoms with Gasteiger partial charge in [-0.15, -0.1) is 0 Å². The molecule has 0 saturated carbocycles. The zero-order valence-electron chi connectivity index (χ0n) is 26.2. The second kappa shape index (κ2) is 20.1. The molecular weight excluding hydrogens is 512 g/mol. The number of hydrogen-bond donors (Lipinski definition) is 1. The summed E-state index contributed by atoms with van der Waals surface area (Å²) in [5, 5.41) is 2.92. The van der Waals surface area contributed by atoms with Crippen molar-refractivity contribution in [3.63, 3.8) is 0 Å². The Kier molecular flexibility index (Phi) is 16.8. The van der Waals surface area contributed by atoms with Gasteiger partial charge < -0.3 is 19.3 Å². The number of esters is 1. The lowest BCUT2D eigenvalue weighted by molar-refractivity contribution is -0.906. The molecule has 6 nitrogen and oxygen atoms in total. The molecule has 0 aromatic heterocycles. The Morgan fingerprint density at radius 3 is 1.85 bits per heavy atom. The van der Waals surface area contributed by atoms with Crippen LogP contribution in [0.3, 0.4) is 0 Å². The van der Waals surface area contributed by atoms with Gasteiger partial charge in [0.1, 0.15) is 18.9 Å². The smallest absolute Gasteiger partial charge is 0.338 e. The highest BCUT2D eigenvalue weighted by atomic mass is 16.5. The van der Waals surface area contributed by atoms with E-state index in [0.717, 1.165) is 37.0 Å². The molecule has 0 saturated heterocycles. The Bertz CT molecular complexity index is 1000. The molecule has 0 atom stereocenters. The average molecular weight is 568 g/mol. The minimum atomic E-state index is -0.349. The van der Waals surface area contributed by atoms with E-state index in [1.807, 2.05) is 18.2 Å². The number of nitrogens with one attached hydrogen (secondary N) is 1. The van der Waals surface area contributed by atoms with Crippen LogP contribution in [0.2, 0.25) is 0 Å². The van der Waals surface area contributed by atoms with Gasteiger partial charge in [-0.2, -0.15) is 0 Å². The minimum Gasteiger partial charge on any atom is -0.493 e. The number of amides is 1. The molecule has 2 aromatic rings. The van der Waals surface area contributed by atoms with Crippen LogP contribution >= 0.6 is 0 Å².